The number of hydrogen-bond donors (Lipinski definition) is 1. The summed E-state index contributed by atoms with van der Waals surface area (Å²) in [7, 11) is 0. The average molecular weight is 284 g/mol. The third kappa shape index (κ3) is 6.31. The molecule has 1 atom stereocenters. The van der Waals surface area contributed by atoms with Gasteiger partial charge in [-0.05, 0) is 30.5 Å². The second-order valence-electron chi connectivity index (χ2n) is 5.49. The van der Waals surface area contributed by atoms with Crippen LogP contribution >= 0.6 is 11.6 Å². The highest BCUT2D eigenvalue weighted by Gasteiger charge is 2.08. The van der Waals surface area contributed by atoms with Crippen LogP contribution in [0, 0.1) is 5.92 Å². The lowest BCUT2D eigenvalue weighted by Gasteiger charge is -2.16. The summed E-state index contributed by atoms with van der Waals surface area (Å²) < 4.78 is 5.94. The van der Waals surface area contributed by atoms with Gasteiger partial charge >= 0.3 is 0 Å². The van der Waals surface area contributed by atoms with Crippen LogP contribution in [0.5, 0.6) is 5.75 Å². The molecule has 2 nitrogen and oxygen atoms in total. The zero-order chi connectivity index (χ0) is 14.3. The van der Waals surface area contributed by atoms with Gasteiger partial charge in [-0.1, -0.05) is 45.7 Å². The van der Waals surface area contributed by atoms with Crippen molar-refractivity contribution in [2.75, 3.05) is 6.61 Å². The van der Waals surface area contributed by atoms with E-state index in [-0.39, 0.29) is 0 Å². The first-order chi connectivity index (χ1) is 9.02. The Morgan fingerprint density at radius 2 is 2.00 bits per heavy atom. The first-order valence-electron chi connectivity index (χ1n) is 7.17. The minimum Gasteiger partial charge on any atom is -0.493 e. The molecule has 0 aliphatic carbocycles. The van der Waals surface area contributed by atoms with Crippen LogP contribution in [0.25, 0.3) is 0 Å². The van der Waals surface area contributed by atoms with E-state index in [1.165, 1.54) is 12.8 Å². The molecule has 0 saturated carbocycles. The summed E-state index contributed by atoms with van der Waals surface area (Å²) >= 11 is 6.06. The molecule has 1 aromatic carbocycles. The van der Waals surface area contributed by atoms with Crippen molar-refractivity contribution in [3.8, 4) is 5.75 Å². The normalized spacial score (nSPS) is 12.7. The Hall–Kier alpha value is -0.730. The minimum atomic E-state index is 0.450. The second-order valence-corrected chi connectivity index (χ2v) is 5.93. The van der Waals surface area contributed by atoms with Crippen LogP contribution in [-0.2, 0) is 6.54 Å². The molecule has 0 amide bonds. The molecular weight excluding hydrogens is 258 g/mol. The molecule has 1 N–H and O–H groups in total. The van der Waals surface area contributed by atoms with Crippen molar-refractivity contribution in [2.24, 2.45) is 5.92 Å². The van der Waals surface area contributed by atoms with E-state index in [0.29, 0.717) is 12.0 Å². The average Bonchev–Trinajstić information content (AvgIpc) is 2.35. The largest absolute Gasteiger partial charge is 0.493 e. The van der Waals surface area contributed by atoms with Gasteiger partial charge in [0, 0.05) is 23.2 Å². The smallest absolute Gasteiger partial charge is 0.123 e. The van der Waals surface area contributed by atoms with E-state index in [9.17, 15) is 0 Å². The first-order valence-corrected chi connectivity index (χ1v) is 7.55. The van der Waals surface area contributed by atoms with Gasteiger partial charge in [-0.3, -0.25) is 0 Å². The Bertz CT molecular complexity index is 379. The molecule has 0 heterocycles. The maximum atomic E-state index is 6.06. The maximum absolute atomic E-state index is 6.06. The lowest BCUT2D eigenvalue weighted by Crippen LogP contribution is -2.22. The van der Waals surface area contributed by atoms with Crippen LogP contribution in [-0.4, -0.2) is 12.6 Å². The third-order valence-corrected chi connectivity index (χ3v) is 3.26. The molecule has 0 radical (unpaired) electrons. The van der Waals surface area contributed by atoms with Gasteiger partial charge in [0.15, 0.2) is 0 Å². The molecule has 0 bridgehead atoms. The van der Waals surface area contributed by atoms with Crippen molar-refractivity contribution in [2.45, 2.75) is 53.1 Å². The zero-order valence-electron chi connectivity index (χ0n) is 12.5. The molecule has 0 saturated heterocycles. The molecule has 1 unspecified atom stereocenters. The molecule has 0 aliphatic heterocycles. The van der Waals surface area contributed by atoms with Crippen molar-refractivity contribution in [1.82, 2.24) is 5.32 Å². The third-order valence-electron chi connectivity index (χ3n) is 3.03. The monoisotopic (exact) mass is 283 g/mol. The molecule has 1 aromatic rings. The van der Waals surface area contributed by atoms with Gasteiger partial charge in [0.25, 0.3) is 0 Å². The van der Waals surface area contributed by atoms with Crippen molar-refractivity contribution < 1.29 is 4.74 Å². The van der Waals surface area contributed by atoms with Crippen molar-refractivity contribution in [3.63, 3.8) is 0 Å². The highest BCUT2D eigenvalue weighted by molar-refractivity contribution is 6.30. The fraction of sp³-hybridized carbons (Fsp3) is 0.625. The highest BCUT2D eigenvalue weighted by atomic mass is 35.5. The topological polar surface area (TPSA) is 21.3 Å². The number of rotatable bonds is 8. The fourth-order valence-electron chi connectivity index (χ4n) is 1.95. The summed E-state index contributed by atoms with van der Waals surface area (Å²) in [5.74, 6) is 1.53. The molecule has 0 fully saturated rings. The van der Waals surface area contributed by atoms with Crippen LogP contribution in [0.3, 0.4) is 0 Å². The molecule has 3 heteroatoms. The van der Waals surface area contributed by atoms with Crippen molar-refractivity contribution in [3.05, 3.63) is 28.8 Å². The van der Waals surface area contributed by atoms with E-state index in [2.05, 4.69) is 33.0 Å². The quantitative estimate of drug-likeness (QED) is 0.750. The number of hydrogen-bond acceptors (Lipinski definition) is 2. The van der Waals surface area contributed by atoms with Gasteiger partial charge in [-0.2, -0.15) is 0 Å². The molecular formula is C16H26ClNO. The van der Waals surface area contributed by atoms with E-state index in [0.717, 1.165) is 29.5 Å². The molecule has 1 rings (SSSR count). The number of ether oxygens (including phenoxy) is 1. The Morgan fingerprint density at radius 1 is 1.26 bits per heavy atom. The number of halogens is 1. The molecule has 0 spiro atoms. The van der Waals surface area contributed by atoms with Crippen LogP contribution < -0.4 is 10.1 Å². The van der Waals surface area contributed by atoms with Crippen LogP contribution in [0.15, 0.2) is 18.2 Å². The van der Waals surface area contributed by atoms with Gasteiger partial charge < -0.3 is 10.1 Å². The summed E-state index contributed by atoms with van der Waals surface area (Å²) in [6.07, 6.45) is 2.40. The summed E-state index contributed by atoms with van der Waals surface area (Å²) in [5, 5.41) is 4.16. The zero-order valence-corrected chi connectivity index (χ0v) is 13.3. The maximum Gasteiger partial charge on any atom is 0.123 e. The van der Waals surface area contributed by atoms with Crippen molar-refractivity contribution in [1.29, 1.82) is 0 Å². The summed E-state index contributed by atoms with van der Waals surface area (Å²) in [4.78, 5) is 0. The lowest BCUT2D eigenvalue weighted by atomic mass is 10.1. The van der Waals surface area contributed by atoms with Gasteiger partial charge in [0.1, 0.15) is 5.75 Å². The van der Waals surface area contributed by atoms with Gasteiger partial charge in [0.2, 0.25) is 0 Å². The summed E-state index contributed by atoms with van der Waals surface area (Å²) in [6.45, 7) is 10.3. The molecule has 0 aromatic heterocycles. The van der Waals surface area contributed by atoms with E-state index >= 15 is 0 Å². The molecule has 108 valence electrons. The van der Waals surface area contributed by atoms with Crippen LogP contribution in [0.2, 0.25) is 5.02 Å². The van der Waals surface area contributed by atoms with E-state index in [4.69, 9.17) is 16.3 Å². The minimum absolute atomic E-state index is 0.450. The summed E-state index contributed by atoms with van der Waals surface area (Å²) in [6, 6.07) is 6.29. The van der Waals surface area contributed by atoms with Gasteiger partial charge in [-0.25, -0.2) is 0 Å². The Morgan fingerprint density at radius 3 is 2.63 bits per heavy atom. The van der Waals surface area contributed by atoms with Crippen LogP contribution in [0.1, 0.15) is 46.1 Å². The summed E-state index contributed by atoms with van der Waals surface area (Å²) in [5.41, 5.74) is 1.13. The van der Waals surface area contributed by atoms with Crippen LogP contribution in [0.4, 0.5) is 0 Å². The fourth-order valence-corrected chi connectivity index (χ4v) is 2.14. The van der Waals surface area contributed by atoms with E-state index in [1.807, 2.05) is 18.2 Å². The standard InChI is InChI=1S/C16H26ClNO/c1-5-6-13(4)11-19-16-8-7-15(17)9-14(16)10-18-12(2)3/h7-9,12-13,18H,5-6,10-11H2,1-4H3. The van der Waals surface area contributed by atoms with Gasteiger partial charge in [-0.15, -0.1) is 0 Å². The SMILES string of the molecule is CCCC(C)COc1ccc(Cl)cc1CNC(C)C. The number of nitrogens with one attached hydrogen (secondary N) is 1. The lowest BCUT2D eigenvalue weighted by molar-refractivity contribution is 0.249. The predicted octanol–water partition coefficient (Wildman–Crippen LogP) is 4.65. The highest BCUT2D eigenvalue weighted by Crippen LogP contribution is 2.24. The Labute approximate surface area is 122 Å². The van der Waals surface area contributed by atoms with Gasteiger partial charge in [0.05, 0.1) is 6.61 Å². The Balaban J connectivity index is 2.65. The number of benzene rings is 1. The predicted molar refractivity (Wildman–Crippen MR) is 83.0 cm³/mol. The van der Waals surface area contributed by atoms with Crippen molar-refractivity contribution >= 4 is 11.6 Å². The second kappa shape index (κ2) is 8.44. The van der Waals surface area contributed by atoms with E-state index in [1.54, 1.807) is 0 Å². The molecule has 19 heavy (non-hydrogen) atoms. The Kier molecular flexibility index (Phi) is 7.25. The first kappa shape index (κ1) is 16.3. The van der Waals surface area contributed by atoms with E-state index < -0.39 is 0 Å². The molecule has 0 aliphatic rings.